The fourth-order valence-corrected chi connectivity index (χ4v) is 2.41. The van der Waals surface area contributed by atoms with Gasteiger partial charge in [-0.3, -0.25) is 14.5 Å². The lowest BCUT2D eigenvalue weighted by molar-refractivity contribution is -0.134. The molecule has 33 heavy (non-hydrogen) atoms. The van der Waals surface area contributed by atoms with E-state index >= 15 is 0 Å². The molecule has 196 valence electrons. The first kappa shape index (κ1) is 31.8. The predicted molar refractivity (Wildman–Crippen MR) is 133 cm³/mol. The molecular weight excluding hydrogens is 422 g/mol. The van der Waals surface area contributed by atoms with E-state index in [0.29, 0.717) is 46.1 Å². The van der Waals surface area contributed by atoms with Crippen LogP contribution in [0.25, 0.3) is 0 Å². The number of rotatable bonds is 15. The van der Waals surface area contributed by atoms with Gasteiger partial charge in [0.2, 0.25) is 11.8 Å². The maximum absolute atomic E-state index is 12.7. The van der Waals surface area contributed by atoms with E-state index in [2.05, 4.69) is 57.1 Å². The van der Waals surface area contributed by atoms with E-state index < -0.39 is 11.5 Å². The van der Waals surface area contributed by atoms with Crippen LogP contribution in [0.5, 0.6) is 0 Å². The van der Waals surface area contributed by atoms with Crippen molar-refractivity contribution in [3.05, 3.63) is 0 Å². The average Bonchev–Trinajstić information content (AvgIpc) is 2.65. The molecule has 0 aromatic heterocycles. The third-order valence-electron chi connectivity index (χ3n) is 5.19. The Labute approximate surface area is 202 Å². The number of amides is 2. The van der Waals surface area contributed by atoms with Gasteiger partial charge in [0, 0.05) is 30.7 Å². The third-order valence-corrected chi connectivity index (χ3v) is 5.19. The maximum atomic E-state index is 12.7. The van der Waals surface area contributed by atoms with E-state index in [1.54, 1.807) is 0 Å². The quantitative estimate of drug-likeness (QED) is 0.356. The number of hydrogen-bond acceptors (Lipinski definition) is 6. The number of carbonyl (C=O) groups excluding carboxylic acids is 2. The van der Waals surface area contributed by atoms with Crippen molar-refractivity contribution >= 4 is 11.8 Å². The summed E-state index contributed by atoms with van der Waals surface area (Å²) in [6, 6.07) is -0.637. The van der Waals surface area contributed by atoms with Crippen LogP contribution in [-0.2, 0) is 23.8 Å². The summed E-state index contributed by atoms with van der Waals surface area (Å²) in [6.45, 7) is 22.3. The second kappa shape index (κ2) is 14.9. The number of likely N-dealkylation sites (N-methyl/N-ethyl adjacent to an activating group) is 1. The molecule has 0 saturated carbocycles. The zero-order valence-corrected chi connectivity index (χ0v) is 22.9. The molecule has 1 unspecified atom stereocenters. The van der Waals surface area contributed by atoms with Crippen molar-refractivity contribution in [2.75, 3.05) is 59.8 Å². The van der Waals surface area contributed by atoms with Gasteiger partial charge in [-0.25, -0.2) is 0 Å². The van der Waals surface area contributed by atoms with Crippen LogP contribution in [0.2, 0.25) is 0 Å². The molecule has 0 aliphatic rings. The van der Waals surface area contributed by atoms with Crippen LogP contribution in [0.15, 0.2) is 0 Å². The van der Waals surface area contributed by atoms with Crippen molar-refractivity contribution in [3.8, 4) is 0 Å². The molecule has 2 N–H and O–H groups in total. The zero-order valence-electron chi connectivity index (χ0n) is 22.9. The second-order valence-electron chi connectivity index (χ2n) is 11.8. The molecule has 0 aliphatic heterocycles. The monoisotopic (exact) mass is 473 g/mol. The van der Waals surface area contributed by atoms with Crippen molar-refractivity contribution in [2.24, 2.45) is 10.8 Å². The predicted octanol–water partition coefficient (Wildman–Crippen LogP) is 2.85. The minimum Gasteiger partial charge on any atom is -0.379 e. The fraction of sp³-hybridized carbons (Fsp3) is 0.920. The normalized spacial score (nSPS) is 13.8. The summed E-state index contributed by atoms with van der Waals surface area (Å²) in [5.41, 5.74) is -0.407. The van der Waals surface area contributed by atoms with Gasteiger partial charge in [-0.2, -0.15) is 0 Å². The van der Waals surface area contributed by atoms with Crippen molar-refractivity contribution < 1.29 is 23.8 Å². The summed E-state index contributed by atoms with van der Waals surface area (Å²) < 4.78 is 16.6. The van der Waals surface area contributed by atoms with Crippen LogP contribution < -0.4 is 10.6 Å². The molecule has 0 aliphatic carbocycles. The third kappa shape index (κ3) is 17.0. The standard InChI is InChI=1S/C25H51N3O5/c1-23(2,3)11-13-31-15-17-33-18-16-32-14-12-26-21(29)20(19-28(10)25(7,8)9)27-22(30)24(4,5)6/h20H,11-19H2,1-10H3,(H,26,29)(H,27,30). The van der Waals surface area contributed by atoms with Crippen molar-refractivity contribution in [1.29, 1.82) is 0 Å². The summed E-state index contributed by atoms with van der Waals surface area (Å²) in [7, 11) is 1.95. The molecule has 0 aromatic rings. The Balaban J connectivity index is 4.17. The highest BCUT2D eigenvalue weighted by molar-refractivity contribution is 5.89. The molecule has 0 aromatic carbocycles. The SMILES string of the molecule is CN(CC(NC(=O)C(C)(C)C)C(=O)NCCOCCOCCOCCC(C)(C)C)C(C)(C)C. The molecule has 0 saturated heterocycles. The van der Waals surface area contributed by atoms with Gasteiger partial charge >= 0.3 is 0 Å². The topological polar surface area (TPSA) is 89.1 Å². The van der Waals surface area contributed by atoms with Crippen LogP contribution >= 0.6 is 0 Å². The molecule has 1 atom stereocenters. The molecule has 8 nitrogen and oxygen atoms in total. The molecule has 2 amide bonds. The lowest BCUT2D eigenvalue weighted by Crippen LogP contribution is -2.56. The van der Waals surface area contributed by atoms with Gasteiger partial charge in [-0.05, 0) is 39.7 Å². The summed E-state index contributed by atoms with van der Waals surface area (Å²) in [4.78, 5) is 27.3. The van der Waals surface area contributed by atoms with Crippen molar-refractivity contribution in [1.82, 2.24) is 15.5 Å². The van der Waals surface area contributed by atoms with Gasteiger partial charge in [0.15, 0.2) is 0 Å². The molecule has 0 spiro atoms. The Bertz CT molecular complexity index is 562. The van der Waals surface area contributed by atoms with Crippen LogP contribution in [0.1, 0.15) is 68.7 Å². The first-order valence-corrected chi connectivity index (χ1v) is 12.1. The number of nitrogens with zero attached hydrogens (tertiary/aromatic N) is 1. The van der Waals surface area contributed by atoms with E-state index in [-0.39, 0.29) is 22.8 Å². The summed E-state index contributed by atoms with van der Waals surface area (Å²) in [5, 5.41) is 5.76. The molecule has 0 radical (unpaired) electrons. The van der Waals surface area contributed by atoms with Gasteiger partial charge in [-0.1, -0.05) is 41.5 Å². The smallest absolute Gasteiger partial charge is 0.243 e. The van der Waals surface area contributed by atoms with Gasteiger partial charge in [0.05, 0.1) is 33.0 Å². The van der Waals surface area contributed by atoms with E-state index in [1.165, 1.54) is 0 Å². The molecule has 0 heterocycles. The number of carbonyl (C=O) groups is 2. The highest BCUT2D eigenvalue weighted by atomic mass is 16.5. The number of nitrogens with one attached hydrogen (secondary N) is 2. The highest BCUT2D eigenvalue weighted by Gasteiger charge is 2.30. The lowest BCUT2D eigenvalue weighted by atomic mass is 9.93. The first-order chi connectivity index (χ1) is 15.0. The van der Waals surface area contributed by atoms with Crippen LogP contribution in [0.3, 0.4) is 0 Å². The van der Waals surface area contributed by atoms with E-state index in [9.17, 15) is 9.59 Å². The van der Waals surface area contributed by atoms with Gasteiger partial charge in [0.1, 0.15) is 6.04 Å². The Morgan fingerprint density at radius 2 is 1.27 bits per heavy atom. The fourth-order valence-electron chi connectivity index (χ4n) is 2.41. The van der Waals surface area contributed by atoms with Gasteiger partial charge < -0.3 is 24.8 Å². The summed E-state index contributed by atoms with van der Waals surface area (Å²) >= 11 is 0. The van der Waals surface area contributed by atoms with Crippen LogP contribution in [0.4, 0.5) is 0 Å². The zero-order chi connectivity index (χ0) is 25.7. The molecule has 0 rings (SSSR count). The summed E-state index contributed by atoms with van der Waals surface area (Å²) in [5.74, 6) is -0.364. The maximum Gasteiger partial charge on any atom is 0.243 e. The van der Waals surface area contributed by atoms with Gasteiger partial charge in [0.25, 0.3) is 0 Å². The van der Waals surface area contributed by atoms with E-state index in [4.69, 9.17) is 14.2 Å². The minimum atomic E-state index is -0.637. The van der Waals surface area contributed by atoms with Crippen molar-refractivity contribution in [2.45, 2.75) is 80.3 Å². The summed E-state index contributed by atoms with van der Waals surface area (Å²) in [6.07, 6.45) is 1.02. The minimum absolute atomic E-state index is 0.119. The molecule has 0 fully saturated rings. The lowest BCUT2D eigenvalue weighted by Gasteiger charge is -2.35. The van der Waals surface area contributed by atoms with E-state index in [0.717, 1.165) is 13.0 Å². The largest absolute Gasteiger partial charge is 0.379 e. The molecule has 8 heteroatoms. The number of ether oxygens (including phenoxy) is 3. The molecular formula is C25H51N3O5. The highest BCUT2D eigenvalue weighted by Crippen LogP contribution is 2.17. The Kier molecular flexibility index (Phi) is 14.4. The second-order valence-corrected chi connectivity index (χ2v) is 11.8. The Hall–Kier alpha value is -1.22. The van der Waals surface area contributed by atoms with Crippen molar-refractivity contribution in [3.63, 3.8) is 0 Å². The Morgan fingerprint density at radius 3 is 1.73 bits per heavy atom. The van der Waals surface area contributed by atoms with Crippen LogP contribution in [-0.4, -0.2) is 88.1 Å². The van der Waals surface area contributed by atoms with Crippen LogP contribution in [0, 0.1) is 10.8 Å². The van der Waals surface area contributed by atoms with E-state index in [1.807, 2.05) is 27.8 Å². The van der Waals surface area contributed by atoms with Gasteiger partial charge in [-0.15, -0.1) is 0 Å². The first-order valence-electron chi connectivity index (χ1n) is 12.1. The molecule has 0 bridgehead atoms. The Morgan fingerprint density at radius 1 is 0.788 bits per heavy atom. The average molecular weight is 474 g/mol. The number of hydrogen-bond donors (Lipinski definition) is 2.